The van der Waals surface area contributed by atoms with Gasteiger partial charge in [0, 0.05) is 5.02 Å². The number of aromatic hydroxyl groups is 1. The first-order valence-corrected chi connectivity index (χ1v) is 5.18. The molecule has 0 aliphatic heterocycles. The standard InChI is InChI=1S/C10H7ClN2O2S/c11-6-2-1-3-7(4-6)13-9(15)5-8(14)12-10(13)16/h1-5,15H,(H,12,14,16). The minimum atomic E-state index is -0.444. The molecule has 0 aliphatic carbocycles. The minimum absolute atomic E-state index is 0.118. The van der Waals surface area contributed by atoms with E-state index < -0.39 is 5.56 Å². The first-order valence-electron chi connectivity index (χ1n) is 4.39. The van der Waals surface area contributed by atoms with Gasteiger partial charge >= 0.3 is 0 Å². The lowest BCUT2D eigenvalue weighted by molar-refractivity contribution is 0.433. The summed E-state index contributed by atoms with van der Waals surface area (Å²) in [6.07, 6.45) is 0. The van der Waals surface area contributed by atoms with Crippen molar-refractivity contribution in [3.05, 3.63) is 50.5 Å². The van der Waals surface area contributed by atoms with Crippen molar-refractivity contribution < 1.29 is 5.11 Å². The predicted octanol–water partition coefficient (Wildman–Crippen LogP) is 2.25. The Morgan fingerprint density at radius 2 is 2.12 bits per heavy atom. The Kier molecular flexibility index (Phi) is 2.80. The van der Waals surface area contributed by atoms with Gasteiger partial charge < -0.3 is 5.11 Å². The molecule has 4 nitrogen and oxygen atoms in total. The van der Waals surface area contributed by atoms with Gasteiger partial charge in [0.15, 0.2) is 4.77 Å². The number of benzene rings is 1. The number of hydrogen-bond donors (Lipinski definition) is 2. The molecule has 0 fully saturated rings. The van der Waals surface area contributed by atoms with Gasteiger partial charge in [-0.2, -0.15) is 0 Å². The summed E-state index contributed by atoms with van der Waals surface area (Å²) in [6.45, 7) is 0. The second-order valence-electron chi connectivity index (χ2n) is 3.11. The summed E-state index contributed by atoms with van der Waals surface area (Å²) in [5.41, 5.74) is 0.145. The van der Waals surface area contributed by atoms with Crippen LogP contribution in [0.4, 0.5) is 0 Å². The van der Waals surface area contributed by atoms with Crippen LogP contribution >= 0.6 is 23.8 Å². The van der Waals surface area contributed by atoms with E-state index in [9.17, 15) is 9.90 Å². The molecular formula is C10H7ClN2O2S. The number of H-pyrrole nitrogens is 1. The maximum atomic E-state index is 11.0. The number of nitrogens with one attached hydrogen (secondary N) is 1. The quantitative estimate of drug-likeness (QED) is 0.768. The Hall–Kier alpha value is -1.59. The van der Waals surface area contributed by atoms with E-state index >= 15 is 0 Å². The van der Waals surface area contributed by atoms with Crippen molar-refractivity contribution in [2.24, 2.45) is 0 Å². The summed E-state index contributed by atoms with van der Waals surface area (Å²) in [7, 11) is 0. The molecule has 1 aromatic carbocycles. The molecule has 0 atom stereocenters. The van der Waals surface area contributed by atoms with Crippen LogP contribution in [0.1, 0.15) is 0 Å². The average Bonchev–Trinajstić information content (AvgIpc) is 2.15. The van der Waals surface area contributed by atoms with E-state index in [0.29, 0.717) is 10.7 Å². The summed E-state index contributed by atoms with van der Waals surface area (Å²) in [6, 6.07) is 7.84. The van der Waals surface area contributed by atoms with Gasteiger partial charge in [0.05, 0.1) is 11.8 Å². The van der Waals surface area contributed by atoms with E-state index in [1.165, 1.54) is 4.57 Å². The second-order valence-corrected chi connectivity index (χ2v) is 3.94. The van der Waals surface area contributed by atoms with Crippen LogP contribution in [0.3, 0.4) is 0 Å². The molecule has 1 aromatic heterocycles. The molecule has 2 aromatic rings. The topological polar surface area (TPSA) is 58.0 Å². The zero-order valence-corrected chi connectivity index (χ0v) is 9.55. The van der Waals surface area contributed by atoms with Crippen molar-refractivity contribution >= 4 is 23.8 Å². The molecular weight excluding hydrogens is 248 g/mol. The van der Waals surface area contributed by atoms with Crippen LogP contribution in [0, 0.1) is 4.77 Å². The van der Waals surface area contributed by atoms with E-state index in [0.717, 1.165) is 6.07 Å². The normalized spacial score (nSPS) is 10.3. The molecule has 0 amide bonds. The Bertz CT molecular complexity index is 648. The number of hydrogen-bond acceptors (Lipinski definition) is 3. The number of rotatable bonds is 1. The van der Waals surface area contributed by atoms with Gasteiger partial charge in [0.25, 0.3) is 5.56 Å². The molecule has 0 bridgehead atoms. The Morgan fingerprint density at radius 1 is 1.38 bits per heavy atom. The van der Waals surface area contributed by atoms with Crippen molar-refractivity contribution in [2.45, 2.75) is 0 Å². The number of aromatic nitrogens is 2. The van der Waals surface area contributed by atoms with Gasteiger partial charge in [-0.05, 0) is 30.4 Å². The van der Waals surface area contributed by atoms with E-state index in [4.69, 9.17) is 23.8 Å². The zero-order valence-electron chi connectivity index (χ0n) is 7.98. The lowest BCUT2D eigenvalue weighted by atomic mass is 10.3. The molecule has 1 heterocycles. The van der Waals surface area contributed by atoms with Crippen LogP contribution in [0.5, 0.6) is 5.88 Å². The fourth-order valence-electron chi connectivity index (χ4n) is 1.35. The van der Waals surface area contributed by atoms with Crippen LogP contribution < -0.4 is 5.56 Å². The SMILES string of the molecule is O=c1cc(O)n(-c2cccc(Cl)c2)c(=S)[nH]1. The largest absolute Gasteiger partial charge is 0.494 e. The maximum Gasteiger partial charge on any atom is 0.255 e. The van der Waals surface area contributed by atoms with Gasteiger partial charge in [-0.15, -0.1) is 0 Å². The number of nitrogens with zero attached hydrogens (tertiary/aromatic N) is 1. The molecule has 0 saturated carbocycles. The van der Waals surface area contributed by atoms with Crippen molar-refractivity contribution in [1.82, 2.24) is 9.55 Å². The highest BCUT2D eigenvalue weighted by Crippen LogP contribution is 2.18. The molecule has 0 radical (unpaired) electrons. The van der Waals surface area contributed by atoms with Crippen molar-refractivity contribution in [2.75, 3.05) is 0 Å². The number of halogens is 1. The highest BCUT2D eigenvalue weighted by Gasteiger charge is 2.04. The monoisotopic (exact) mass is 254 g/mol. The molecule has 2 N–H and O–H groups in total. The van der Waals surface area contributed by atoms with Crippen LogP contribution in [-0.4, -0.2) is 14.7 Å². The van der Waals surface area contributed by atoms with Crippen molar-refractivity contribution in [3.8, 4) is 11.6 Å². The minimum Gasteiger partial charge on any atom is -0.494 e. The zero-order chi connectivity index (χ0) is 11.7. The van der Waals surface area contributed by atoms with E-state index in [1.807, 2.05) is 0 Å². The molecule has 0 aliphatic rings. The second kappa shape index (κ2) is 4.11. The van der Waals surface area contributed by atoms with Gasteiger partial charge in [-0.25, -0.2) is 0 Å². The van der Waals surface area contributed by atoms with Gasteiger partial charge in [0.1, 0.15) is 0 Å². The van der Waals surface area contributed by atoms with Gasteiger partial charge in [-0.1, -0.05) is 17.7 Å². The highest BCUT2D eigenvalue weighted by molar-refractivity contribution is 7.71. The lowest BCUT2D eigenvalue weighted by Gasteiger charge is -2.08. The van der Waals surface area contributed by atoms with Crippen molar-refractivity contribution in [1.29, 1.82) is 0 Å². The maximum absolute atomic E-state index is 11.0. The molecule has 2 rings (SSSR count). The fraction of sp³-hybridized carbons (Fsp3) is 0. The third kappa shape index (κ3) is 2.00. The van der Waals surface area contributed by atoms with Crippen LogP contribution in [-0.2, 0) is 0 Å². The van der Waals surface area contributed by atoms with Crippen LogP contribution in [0.15, 0.2) is 35.1 Å². The Morgan fingerprint density at radius 3 is 2.75 bits per heavy atom. The molecule has 0 saturated heterocycles. The van der Waals surface area contributed by atoms with Crippen LogP contribution in [0.25, 0.3) is 5.69 Å². The molecule has 0 unspecified atom stereocenters. The summed E-state index contributed by atoms with van der Waals surface area (Å²) in [5, 5.41) is 10.2. The average molecular weight is 255 g/mol. The predicted molar refractivity (Wildman–Crippen MR) is 63.9 cm³/mol. The van der Waals surface area contributed by atoms with E-state index in [1.54, 1.807) is 24.3 Å². The van der Waals surface area contributed by atoms with E-state index in [2.05, 4.69) is 4.98 Å². The van der Waals surface area contributed by atoms with Gasteiger partial charge in [-0.3, -0.25) is 14.3 Å². The molecule has 16 heavy (non-hydrogen) atoms. The lowest BCUT2D eigenvalue weighted by Crippen LogP contribution is -2.10. The first-order chi connectivity index (χ1) is 7.58. The molecule has 6 heteroatoms. The first kappa shape index (κ1) is 10.9. The molecule has 0 spiro atoms. The number of aromatic amines is 1. The highest BCUT2D eigenvalue weighted by atomic mass is 35.5. The van der Waals surface area contributed by atoms with Gasteiger partial charge in [0.2, 0.25) is 5.88 Å². The van der Waals surface area contributed by atoms with E-state index in [-0.39, 0.29) is 10.7 Å². The smallest absolute Gasteiger partial charge is 0.255 e. The van der Waals surface area contributed by atoms with Crippen molar-refractivity contribution in [3.63, 3.8) is 0 Å². The summed E-state index contributed by atoms with van der Waals surface area (Å²) in [5.74, 6) is -0.226. The summed E-state index contributed by atoms with van der Waals surface area (Å²) < 4.78 is 1.44. The van der Waals surface area contributed by atoms with Crippen LogP contribution in [0.2, 0.25) is 5.02 Å². The molecule has 82 valence electrons. The third-order valence-electron chi connectivity index (χ3n) is 1.99. The third-order valence-corrected chi connectivity index (χ3v) is 2.51. The Balaban J connectivity index is 2.74. The fourth-order valence-corrected chi connectivity index (χ4v) is 1.83. The summed E-state index contributed by atoms with van der Waals surface area (Å²) in [4.78, 5) is 13.5. The Labute approximate surface area is 101 Å². The summed E-state index contributed by atoms with van der Waals surface area (Å²) >= 11 is 10.8.